The van der Waals surface area contributed by atoms with E-state index in [9.17, 15) is 14.9 Å². The van der Waals surface area contributed by atoms with E-state index >= 15 is 0 Å². The largest absolute Gasteiger partial charge is 0.288 e. The quantitative estimate of drug-likeness (QED) is 0.606. The van der Waals surface area contributed by atoms with Crippen LogP contribution in [0.25, 0.3) is 6.08 Å². The molecule has 0 aliphatic heterocycles. The minimum atomic E-state index is -0.793. The number of thioether (sulfide) groups is 1. The van der Waals surface area contributed by atoms with Crippen LogP contribution in [0.1, 0.15) is 19.4 Å². The lowest BCUT2D eigenvalue weighted by atomic mass is 10.1. The molecule has 0 aliphatic rings. The SMILES string of the molecule is CC(=O)S[C@@H](/C=C/c1ccccc1)[C@@H](C)[N+](=O)[O-]. The monoisotopic (exact) mass is 265 g/mol. The number of carbonyl (C=O) groups excluding carboxylic acids is 1. The maximum absolute atomic E-state index is 11.1. The third-order valence-electron chi connectivity index (χ3n) is 2.39. The van der Waals surface area contributed by atoms with Crippen LogP contribution in [-0.2, 0) is 4.79 Å². The molecular weight excluding hydrogens is 250 g/mol. The Hall–Kier alpha value is -1.62. The fourth-order valence-electron chi connectivity index (χ4n) is 1.38. The van der Waals surface area contributed by atoms with Crippen LogP contribution in [0.5, 0.6) is 0 Å². The molecule has 2 atom stereocenters. The van der Waals surface area contributed by atoms with Crippen LogP contribution in [0.4, 0.5) is 0 Å². The van der Waals surface area contributed by atoms with Gasteiger partial charge in [0.1, 0.15) is 0 Å². The van der Waals surface area contributed by atoms with E-state index in [1.165, 1.54) is 13.8 Å². The van der Waals surface area contributed by atoms with Gasteiger partial charge in [-0.1, -0.05) is 54.2 Å². The maximum atomic E-state index is 11.1. The van der Waals surface area contributed by atoms with Gasteiger partial charge >= 0.3 is 0 Å². The van der Waals surface area contributed by atoms with Gasteiger partial charge in [0.25, 0.3) is 0 Å². The molecule has 1 rings (SSSR count). The van der Waals surface area contributed by atoms with Crippen LogP contribution in [-0.4, -0.2) is 21.3 Å². The van der Waals surface area contributed by atoms with E-state index in [-0.39, 0.29) is 10.0 Å². The first-order chi connectivity index (χ1) is 8.50. The average molecular weight is 265 g/mol. The second kappa shape index (κ2) is 6.96. The molecule has 0 saturated carbocycles. The molecule has 0 heterocycles. The molecule has 18 heavy (non-hydrogen) atoms. The van der Waals surface area contributed by atoms with Crippen molar-refractivity contribution in [3.63, 3.8) is 0 Å². The number of nitro groups is 1. The molecule has 5 heteroatoms. The summed E-state index contributed by atoms with van der Waals surface area (Å²) >= 11 is 0.988. The van der Waals surface area contributed by atoms with E-state index in [2.05, 4.69) is 0 Å². The molecule has 0 amide bonds. The van der Waals surface area contributed by atoms with Crippen molar-refractivity contribution in [1.29, 1.82) is 0 Å². The molecule has 0 radical (unpaired) electrons. The van der Waals surface area contributed by atoms with Gasteiger partial charge in [0.05, 0.1) is 5.25 Å². The molecule has 0 saturated heterocycles. The summed E-state index contributed by atoms with van der Waals surface area (Å²) in [6, 6.07) is 8.71. The van der Waals surface area contributed by atoms with Gasteiger partial charge in [0.15, 0.2) is 5.12 Å². The predicted molar refractivity (Wildman–Crippen MR) is 74.0 cm³/mol. The smallest absolute Gasteiger partial charge is 0.226 e. The Bertz CT molecular complexity index is 445. The van der Waals surface area contributed by atoms with Crippen molar-refractivity contribution in [3.8, 4) is 0 Å². The normalized spacial score (nSPS) is 14.3. The van der Waals surface area contributed by atoms with Crippen molar-refractivity contribution >= 4 is 23.0 Å². The Kier molecular flexibility index (Phi) is 5.58. The van der Waals surface area contributed by atoms with Crippen LogP contribution in [0.2, 0.25) is 0 Å². The highest BCUT2D eigenvalue weighted by Crippen LogP contribution is 2.20. The van der Waals surface area contributed by atoms with Crippen molar-refractivity contribution < 1.29 is 9.72 Å². The molecular formula is C13H15NO3S. The van der Waals surface area contributed by atoms with Crippen LogP contribution in [0.15, 0.2) is 36.4 Å². The van der Waals surface area contributed by atoms with Gasteiger partial charge in [-0.2, -0.15) is 0 Å². The third kappa shape index (κ3) is 4.71. The van der Waals surface area contributed by atoms with Crippen LogP contribution in [0.3, 0.4) is 0 Å². The molecule has 0 bridgehead atoms. The van der Waals surface area contributed by atoms with Gasteiger partial charge in [0.2, 0.25) is 6.04 Å². The van der Waals surface area contributed by atoms with Gasteiger partial charge in [-0.3, -0.25) is 14.9 Å². The molecule has 96 valence electrons. The first-order valence-corrected chi connectivity index (χ1v) is 6.42. The average Bonchev–Trinajstić information content (AvgIpc) is 2.34. The molecule has 1 aromatic carbocycles. The van der Waals surface area contributed by atoms with Crippen molar-refractivity contribution in [2.45, 2.75) is 25.1 Å². The van der Waals surface area contributed by atoms with Crippen molar-refractivity contribution in [3.05, 3.63) is 52.1 Å². The molecule has 0 fully saturated rings. The fraction of sp³-hybridized carbons (Fsp3) is 0.308. The molecule has 0 unspecified atom stereocenters. The number of rotatable bonds is 5. The van der Waals surface area contributed by atoms with E-state index in [0.717, 1.165) is 17.3 Å². The van der Waals surface area contributed by atoms with E-state index in [4.69, 9.17) is 0 Å². The standard InChI is InChI=1S/C13H15NO3S/c1-10(14(16)17)13(18-11(2)15)9-8-12-6-4-3-5-7-12/h3-10,13H,1-2H3/b9-8+/t10-,13+/m1/s1. The predicted octanol–water partition coefficient (Wildman–Crippen LogP) is 3.01. The molecule has 0 aromatic heterocycles. The number of benzene rings is 1. The summed E-state index contributed by atoms with van der Waals surface area (Å²) in [5, 5.41) is 10.2. The zero-order chi connectivity index (χ0) is 13.5. The second-order valence-electron chi connectivity index (χ2n) is 3.87. The van der Waals surface area contributed by atoms with Crippen LogP contribution >= 0.6 is 11.8 Å². The topological polar surface area (TPSA) is 60.2 Å². The molecule has 1 aromatic rings. The summed E-state index contributed by atoms with van der Waals surface area (Å²) in [5.41, 5.74) is 0.960. The lowest BCUT2D eigenvalue weighted by Crippen LogP contribution is -2.27. The Morgan fingerprint density at radius 1 is 1.39 bits per heavy atom. The van der Waals surface area contributed by atoms with E-state index in [0.29, 0.717) is 0 Å². The number of hydrogen-bond acceptors (Lipinski definition) is 4. The van der Waals surface area contributed by atoms with Crippen molar-refractivity contribution in [1.82, 2.24) is 0 Å². The minimum Gasteiger partial charge on any atom is -0.288 e. The highest BCUT2D eigenvalue weighted by atomic mass is 32.2. The Morgan fingerprint density at radius 2 is 2.00 bits per heavy atom. The zero-order valence-electron chi connectivity index (χ0n) is 10.3. The summed E-state index contributed by atoms with van der Waals surface area (Å²) < 4.78 is 0. The van der Waals surface area contributed by atoms with E-state index in [1.54, 1.807) is 12.2 Å². The number of carbonyl (C=O) groups is 1. The van der Waals surface area contributed by atoms with Crippen LogP contribution < -0.4 is 0 Å². The molecule has 4 nitrogen and oxygen atoms in total. The Morgan fingerprint density at radius 3 is 2.50 bits per heavy atom. The third-order valence-corrected chi connectivity index (χ3v) is 3.54. The van der Waals surface area contributed by atoms with Gasteiger partial charge in [-0.15, -0.1) is 0 Å². The maximum Gasteiger partial charge on any atom is 0.226 e. The summed E-state index contributed by atoms with van der Waals surface area (Å²) in [6.45, 7) is 2.93. The first kappa shape index (κ1) is 14.4. The second-order valence-corrected chi connectivity index (χ2v) is 5.22. The Balaban J connectivity index is 2.81. The van der Waals surface area contributed by atoms with Crippen LogP contribution in [0, 0.1) is 10.1 Å². The molecule has 0 aliphatic carbocycles. The lowest BCUT2D eigenvalue weighted by Gasteiger charge is -2.11. The fourth-order valence-corrected chi connectivity index (χ4v) is 2.22. The van der Waals surface area contributed by atoms with Gasteiger partial charge < -0.3 is 0 Å². The summed E-state index contributed by atoms with van der Waals surface area (Å²) in [5.74, 6) is 0. The van der Waals surface area contributed by atoms with E-state index < -0.39 is 11.3 Å². The summed E-state index contributed by atoms with van der Waals surface area (Å²) in [6.07, 6.45) is 3.52. The summed E-state index contributed by atoms with van der Waals surface area (Å²) in [7, 11) is 0. The van der Waals surface area contributed by atoms with Gasteiger partial charge in [0, 0.05) is 18.8 Å². The highest BCUT2D eigenvalue weighted by Gasteiger charge is 2.26. The number of nitrogens with zero attached hydrogens (tertiary/aromatic N) is 1. The van der Waals surface area contributed by atoms with Crippen molar-refractivity contribution in [2.24, 2.45) is 0 Å². The molecule has 0 spiro atoms. The van der Waals surface area contributed by atoms with Gasteiger partial charge in [-0.05, 0) is 5.56 Å². The number of hydrogen-bond donors (Lipinski definition) is 0. The van der Waals surface area contributed by atoms with E-state index in [1.807, 2.05) is 30.3 Å². The van der Waals surface area contributed by atoms with Crippen molar-refractivity contribution in [2.75, 3.05) is 0 Å². The Labute approximate surface area is 110 Å². The summed E-state index contributed by atoms with van der Waals surface area (Å²) in [4.78, 5) is 21.5. The minimum absolute atomic E-state index is 0.119. The highest BCUT2D eigenvalue weighted by molar-refractivity contribution is 8.14. The molecule has 0 N–H and O–H groups in total. The zero-order valence-corrected chi connectivity index (χ0v) is 11.1. The van der Waals surface area contributed by atoms with Gasteiger partial charge in [-0.25, -0.2) is 0 Å². The lowest BCUT2D eigenvalue weighted by molar-refractivity contribution is -0.515. The first-order valence-electron chi connectivity index (χ1n) is 5.54.